The SMILES string of the molecule is Clc1nc(NCC2CC3CCC2C3)nc(-n2ccnc2)n1. The van der Waals surface area contributed by atoms with Gasteiger partial charge in [-0.1, -0.05) is 6.42 Å². The number of hydrogen-bond acceptors (Lipinski definition) is 5. The summed E-state index contributed by atoms with van der Waals surface area (Å²) in [5, 5.41) is 3.53. The van der Waals surface area contributed by atoms with Crippen molar-refractivity contribution in [1.82, 2.24) is 24.5 Å². The van der Waals surface area contributed by atoms with Gasteiger partial charge < -0.3 is 5.32 Å². The van der Waals surface area contributed by atoms with E-state index >= 15 is 0 Å². The molecule has 1 N–H and O–H groups in total. The second-order valence-corrected chi connectivity index (χ2v) is 6.35. The lowest BCUT2D eigenvalue weighted by Gasteiger charge is -2.21. The zero-order valence-corrected chi connectivity index (χ0v) is 12.4. The molecule has 3 unspecified atom stereocenters. The number of aromatic nitrogens is 5. The average molecular weight is 305 g/mol. The van der Waals surface area contributed by atoms with E-state index in [-0.39, 0.29) is 5.28 Å². The van der Waals surface area contributed by atoms with E-state index in [1.54, 1.807) is 23.3 Å². The minimum Gasteiger partial charge on any atom is -0.354 e. The number of rotatable bonds is 4. The third-order valence-electron chi connectivity index (χ3n) is 4.74. The van der Waals surface area contributed by atoms with Gasteiger partial charge in [0.15, 0.2) is 0 Å². The van der Waals surface area contributed by atoms with E-state index in [1.807, 2.05) is 0 Å². The second-order valence-electron chi connectivity index (χ2n) is 6.01. The summed E-state index contributed by atoms with van der Waals surface area (Å²) in [5.41, 5.74) is 0. The molecule has 0 aromatic carbocycles. The Labute approximate surface area is 128 Å². The number of imidazole rings is 1. The van der Waals surface area contributed by atoms with Crippen LogP contribution in [0.2, 0.25) is 5.28 Å². The topological polar surface area (TPSA) is 68.5 Å². The van der Waals surface area contributed by atoms with Gasteiger partial charge in [-0.25, -0.2) is 4.98 Å². The summed E-state index contributed by atoms with van der Waals surface area (Å²) >= 11 is 5.99. The lowest BCUT2D eigenvalue weighted by atomic mass is 9.89. The van der Waals surface area contributed by atoms with Crippen LogP contribution in [0.15, 0.2) is 18.7 Å². The number of fused-ring (bicyclic) bond motifs is 2. The highest BCUT2D eigenvalue weighted by Gasteiger charge is 2.39. The molecule has 2 aliphatic carbocycles. The Morgan fingerprint density at radius 2 is 2.19 bits per heavy atom. The summed E-state index contributed by atoms with van der Waals surface area (Å²) in [6.45, 7) is 0.922. The molecule has 2 bridgehead atoms. The Balaban J connectivity index is 1.47. The lowest BCUT2D eigenvalue weighted by molar-refractivity contribution is 0.348. The van der Waals surface area contributed by atoms with Crippen molar-refractivity contribution in [3.05, 3.63) is 24.0 Å². The maximum Gasteiger partial charge on any atom is 0.241 e. The van der Waals surface area contributed by atoms with E-state index in [4.69, 9.17) is 11.6 Å². The number of halogens is 1. The first-order chi connectivity index (χ1) is 10.3. The third kappa shape index (κ3) is 2.60. The molecule has 7 heteroatoms. The van der Waals surface area contributed by atoms with Gasteiger partial charge in [0, 0.05) is 18.9 Å². The largest absolute Gasteiger partial charge is 0.354 e. The normalized spacial score (nSPS) is 27.2. The predicted octanol–water partition coefficient (Wildman–Crippen LogP) is 2.56. The van der Waals surface area contributed by atoms with E-state index < -0.39 is 0 Å². The Morgan fingerprint density at radius 3 is 2.90 bits per heavy atom. The number of anilines is 1. The smallest absolute Gasteiger partial charge is 0.241 e. The van der Waals surface area contributed by atoms with E-state index in [9.17, 15) is 0 Å². The highest BCUT2D eigenvalue weighted by Crippen LogP contribution is 2.48. The predicted molar refractivity (Wildman–Crippen MR) is 79.4 cm³/mol. The van der Waals surface area contributed by atoms with Gasteiger partial charge in [-0.3, -0.25) is 4.57 Å². The fourth-order valence-electron chi connectivity index (χ4n) is 3.76. The van der Waals surface area contributed by atoms with Gasteiger partial charge in [0.25, 0.3) is 0 Å². The van der Waals surface area contributed by atoms with Gasteiger partial charge in [-0.05, 0) is 48.6 Å². The molecule has 2 fully saturated rings. The molecule has 2 aromatic rings. The van der Waals surface area contributed by atoms with Crippen LogP contribution in [-0.2, 0) is 0 Å². The van der Waals surface area contributed by atoms with E-state index in [0.717, 1.165) is 24.3 Å². The highest BCUT2D eigenvalue weighted by molar-refractivity contribution is 6.28. The van der Waals surface area contributed by atoms with Crippen LogP contribution in [0.1, 0.15) is 25.7 Å². The summed E-state index contributed by atoms with van der Waals surface area (Å²) < 4.78 is 1.72. The molecule has 6 nitrogen and oxygen atoms in total. The molecule has 0 saturated heterocycles. The molecule has 0 spiro atoms. The van der Waals surface area contributed by atoms with Gasteiger partial charge in [-0.15, -0.1) is 0 Å². The van der Waals surface area contributed by atoms with Crippen LogP contribution in [0.3, 0.4) is 0 Å². The van der Waals surface area contributed by atoms with Crippen molar-refractivity contribution in [2.75, 3.05) is 11.9 Å². The first-order valence-corrected chi connectivity index (χ1v) is 7.79. The number of hydrogen-bond donors (Lipinski definition) is 1. The second kappa shape index (κ2) is 5.26. The average Bonchev–Trinajstić information content (AvgIpc) is 3.21. The van der Waals surface area contributed by atoms with Crippen LogP contribution in [0, 0.1) is 17.8 Å². The molecule has 0 amide bonds. The molecule has 2 aromatic heterocycles. The van der Waals surface area contributed by atoms with Crippen LogP contribution >= 0.6 is 11.6 Å². The quantitative estimate of drug-likeness (QED) is 0.940. The van der Waals surface area contributed by atoms with Gasteiger partial charge in [-0.2, -0.15) is 15.0 Å². The van der Waals surface area contributed by atoms with Crippen LogP contribution in [0.4, 0.5) is 5.95 Å². The zero-order valence-electron chi connectivity index (χ0n) is 11.6. The number of nitrogens with zero attached hydrogens (tertiary/aromatic N) is 5. The molecular formula is C14H17ClN6. The van der Waals surface area contributed by atoms with Crippen molar-refractivity contribution < 1.29 is 0 Å². The maximum absolute atomic E-state index is 5.99. The van der Waals surface area contributed by atoms with Crippen LogP contribution in [0.25, 0.3) is 5.95 Å². The lowest BCUT2D eigenvalue weighted by Crippen LogP contribution is -2.21. The summed E-state index contributed by atoms with van der Waals surface area (Å²) in [6, 6.07) is 0. The fourth-order valence-corrected chi connectivity index (χ4v) is 3.92. The number of nitrogens with one attached hydrogen (secondary N) is 1. The first kappa shape index (κ1) is 13.0. The van der Waals surface area contributed by atoms with Gasteiger partial charge in [0.2, 0.25) is 17.2 Å². The molecule has 2 heterocycles. The van der Waals surface area contributed by atoms with Crippen molar-refractivity contribution in [2.45, 2.75) is 25.7 Å². The molecule has 21 heavy (non-hydrogen) atoms. The summed E-state index contributed by atoms with van der Waals surface area (Å²) in [4.78, 5) is 16.7. The summed E-state index contributed by atoms with van der Waals surface area (Å²) in [7, 11) is 0. The van der Waals surface area contributed by atoms with Gasteiger partial charge in [0.05, 0.1) is 0 Å². The Kier molecular flexibility index (Phi) is 3.25. The van der Waals surface area contributed by atoms with Crippen molar-refractivity contribution in [3.8, 4) is 5.95 Å². The van der Waals surface area contributed by atoms with Crippen molar-refractivity contribution in [1.29, 1.82) is 0 Å². The monoisotopic (exact) mass is 304 g/mol. The summed E-state index contributed by atoms with van der Waals surface area (Å²) in [6.07, 6.45) is 10.7. The molecule has 4 rings (SSSR count). The van der Waals surface area contributed by atoms with Crippen LogP contribution in [0.5, 0.6) is 0 Å². The van der Waals surface area contributed by atoms with Crippen LogP contribution in [-0.4, -0.2) is 31.0 Å². The molecular weight excluding hydrogens is 288 g/mol. The molecule has 2 saturated carbocycles. The van der Waals surface area contributed by atoms with E-state index in [1.165, 1.54) is 25.7 Å². The summed E-state index contributed by atoms with van der Waals surface area (Å²) in [5.74, 6) is 3.61. The standard InChI is InChI=1S/C14H17ClN6/c15-12-18-13(20-14(19-12)21-4-3-16-8-21)17-7-11-6-9-1-2-10(11)5-9/h3-4,8-11H,1-2,5-7H2,(H,17,18,19,20). The van der Waals surface area contributed by atoms with Crippen molar-refractivity contribution >= 4 is 17.5 Å². The maximum atomic E-state index is 5.99. The minimum atomic E-state index is 0.198. The third-order valence-corrected chi connectivity index (χ3v) is 4.91. The highest BCUT2D eigenvalue weighted by atomic mass is 35.5. The van der Waals surface area contributed by atoms with E-state index in [2.05, 4.69) is 25.3 Å². The molecule has 0 radical (unpaired) electrons. The van der Waals surface area contributed by atoms with Crippen molar-refractivity contribution in [2.24, 2.45) is 17.8 Å². The van der Waals surface area contributed by atoms with Crippen LogP contribution < -0.4 is 5.32 Å². The Morgan fingerprint density at radius 1 is 1.24 bits per heavy atom. The fraction of sp³-hybridized carbons (Fsp3) is 0.571. The van der Waals surface area contributed by atoms with Gasteiger partial charge >= 0.3 is 0 Å². The molecule has 3 atom stereocenters. The molecule has 2 aliphatic rings. The van der Waals surface area contributed by atoms with Gasteiger partial charge in [0.1, 0.15) is 6.33 Å². The zero-order chi connectivity index (χ0) is 14.2. The Hall–Kier alpha value is -1.69. The minimum absolute atomic E-state index is 0.198. The van der Waals surface area contributed by atoms with E-state index in [0.29, 0.717) is 11.9 Å². The first-order valence-electron chi connectivity index (χ1n) is 7.41. The Bertz CT molecular complexity index is 628. The van der Waals surface area contributed by atoms with Crippen molar-refractivity contribution in [3.63, 3.8) is 0 Å². The molecule has 0 aliphatic heterocycles. The molecule has 110 valence electrons.